The number of hydrogen-bond acceptors (Lipinski definition) is 3. The Morgan fingerprint density at radius 1 is 1.11 bits per heavy atom. The Labute approximate surface area is 109 Å². The van der Waals surface area contributed by atoms with Gasteiger partial charge in [-0.25, -0.2) is 0 Å². The summed E-state index contributed by atoms with van der Waals surface area (Å²) in [5.74, 6) is -0.430. The fraction of sp³-hybridized carbons (Fsp3) is 0.600. The molecule has 1 aliphatic heterocycles. The van der Waals surface area contributed by atoms with Crippen LogP contribution in [0.1, 0.15) is 31.9 Å². The van der Waals surface area contributed by atoms with E-state index in [2.05, 4.69) is 36.5 Å². The van der Waals surface area contributed by atoms with Crippen LogP contribution in [0, 0.1) is 0 Å². The van der Waals surface area contributed by atoms with Crippen LogP contribution in [0.25, 0.3) is 0 Å². The zero-order valence-electron chi connectivity index (χ0n) is 11.5. The number of benzene rings is 1. The standard InChI is InChI=1S/C15H23NO2/c1-4-12-5-7-13(8-6-12)9-16-14-10-17-15(2,3)18-11-14/h5-8,14,16H,4,9-11H2,1-3H3. The lowest BCUT2D eigenvalue weighted by atomic mass is 10.1. The molecule has 0 bridgehead atoms. The first kappa shape index (κ1) is 13.5. The van der Waals surface area contributed by atoms with Crippen LogP contribution >= 0.6 is 0 Å². The molecule has 1 aliphatic rings. The summed E-state index contributed by atoms with van der Waals surface area (Å²) in [5, 5.41) is 3.46. The largest absolute Gasteiger partial charge is 0.349 e. The van der Waals surface area contributed by atoms with Crippen LogP contribution in [-0.4, -0.2) is 25.0 Å². The third-order valence-electron chi connectivity index (χ3n) is 3.29. The highest BCUT2D eigenvalue weighted by atomic mass is 16.7. The first-order valence-corrected chi connectivity index (χ1v) is 6.68. The monoisotopic (exact) mass is 249 g/mol. The minimum absolute atomic E-state index is 0.281. The molecule has 1 fully saturated rings. The van der Waals surface area contributed by atoms with Gasteiger partial charge in [-0.2, -0.15) is 0 Å². The SMILES string of the molecule is CCc1ccc(CNC2COC(C)(C)OC2)cc1. The van der Waals surface area contributed by atoms with Crippen molar-refractivity contribution in [3.63, 3.8) is 0 Å². The molecule has 1 saturated heterocycles. The fourth-order valence-corrected chi connectivity index (χ4v) is 1.97. The Bertz CT molecular complexity index is 363. The molecule has 2 rings (SSSR count). The zero-order valence-corrected chi connectivity index (χ0v) is 11.5. The van der Waals surface area contributed by atoms with Gasteiger partial charge in [0.15, 0.2) is 5.79 Å². The van der Waals surface area contributed by atoms with Gasteiger partial charge in [-0.05, 0) is 31.4 Å². The highest BCUT2D eigenvalue weighted by Gasteiger charge is 2.27. The summed E-state index contributed by atoms with van der Waals surface area (Å²) >= 11 is 0. The van der Waals surface area contributed by atoms with Crippen LogP contribution in [0.2, 0.25) is 0 Å². The van der Waals surface area contributed by atoms with E-state index in [-0.39, 0.29) is 6.04 Å². The van der Waals surface area contributed by atoms with Crippen LogP contribution in [-0.2, 0) is 22.4 Å². The van der Waals surface area contributed by atoms with Gasteiger partial charge in [0.25, 0.3) is 0 Å². The molecule has 0 saturated carbocycles. The van der Waals surface area contributed by atoms with Gasteiger partial charge >= 0.3 is 0 Å². The third-order valence-corrected chi connectivity index (χ3v) is 3.29. The van der Waals surface area contributed by atoms with Crippen molar-refractivity contribution in [2.75, 3.05) is 13.2 Å². The number of rotatable bonds is 4. The zero-order chi connectivity index (χ0) is 13.0. The topological polar surface area (TPSA) is 30.5 Å². The fourth-order valence-electron chi connectivity index (χ4n) is 1.97. The molecule has 0 aromatic heterocycles. The van der Waals surface area contributed by atoms with Gasteiger partial charge in [0.1, 0.15) is 0 Å². The predicted molar refractivity (Wildman–Crippen MR) is 72.4 cm³/mol. The molecule has 3 nitrogen and oxygen atoms in total. The van der Waals surface area contributed by atoms with Gasteiger partial charge in [0.05, 0.1) is 19.3 Å². The van der Waals surface area contributed by atoms with Crippen molar-refractivity contribution in [3.05, 3.63) is 35.4 Å². The quantitative estimate of drug-likeness (QED) is 0.889. The summed E-state index contributed by atoms with van der Waals surface area (Å²) in [5.41, 5.74) is 2.68. The highest BCUT2D eigenvalue weighted by molar-refractivity contribution is 5.22. The second-order valence-electron chi connectivity index (χ2n) is 5.27. The average molecular weight is 249 g/mol. The van der Waals surface area contributed by atoms with Crippen molar-refractivity contribution in [2.45, 2.75) is 45.6 Å². The molecule has 0 amide bonds. The van der Waals surface area contributed by atoms with Crippen molar-refractivity contribution >= 4 is 0 Å². The molecule has 1 N–H and O–H groups in total. The molecule has 1 aromatic carbocycles. The highest BCUT2D eigenvalue weighted by Crippen LogP contribution is 2.17. The van der Waals surface area contributed by atoms with Gasteiger partial charge in [-0.1, -0.05) is 31.2 Å². The summed E-state index contributed by atoms with van der Waals surface area (Å²) in [6.45, 7) is 8.35. The first-order chi connectivity index (χ1) is 8.59. The number of ether oxygens (including phenoxy) is 2. The van der Waals surface area contributed by atoms with E-state index in [9.17, 15) is 0 Å². The molecule has 18 heavy (non-hydrogen) atoms. The molecule has 0 unspecified atom stereocenters. The van der Waals surface area contributed by atoms with Crippen molar-refractivity contribution in [2.24, 2.45) is 0 Å². The summed E-state index contributed by atoms with van der Waals surface area (Å²) in [6.07, 6.45) is 1.09. The molecular formula is C15H23NO2. The summed E-state index contributed by atoms with van der Waals surface area (Å²) in [7, 11) is 0. The van der Waals surface area contributed by atoms with E-state index in [1.807, 2.05) is 13.8 Å². The minimum Gasteiger partial charge on any atom is -0.349 e. The average Bonchev–Trinajstić information content (AvgIpc) is 2.38. The molecular weight excluding hydrogens is 226 g/mol. The minimum atomic E-state index is -0.430. The van der Waals surface area contributed by atoms with Gasteiger partial charge in [-0.15, -0.1) is 0 Å². The lowest BCUT2D eigenvalue weighted by Crippen LogP contribution is -2.48. The lowest BCUT2D eigenvalue weighted by Gasteiger charge is -2.35. The second-order valence-corrected chi connectivity index (χ2v) is 5.27. The third kappa shape index (κ3) is 3.80. The maximum atomic E-state index is 5.62. The Balaban J connectivity index is 1.78. The molecule has 100 valence electrons. The Morgan fingerprint density at radius 3 is 2.22 bits per heavy atom. The second kappa shape index (κ2) is 5.83. The molecule has 0 aliphatic carbocycles. The molecule has 1 heterocycles. The van der Waals surface area contributed by atoms with Crippen LogP contribution in [0.4, 0.5) is 0 Å². The molecule has 1 aromatic rings. The van der Waals surface area contributed by atoms with Crippen LogP contribution in [0.5, 0.6) is 0 Å². The summed E-state index contributed by atoms with van der Waals surface area (Å²) in [4.78, 5) is 0. The predicted octanol–water partition coefficient (Wildman–Crippen LogP) is 2.49. The Hall–Kier alpha value is -0.900. The van der Waals surface area contributed by atoms with Gasteiger partial charge in [-0.3, -0.25) is 0 Å². The van der Waals surface area contributed by atoms with Gasteiger partial charge in [0.2, 0.25) is 0 Å². The van der Waals surface area contributed by atoms with Crippen molar-refractivity contribution in [1.29, 1.82) is 0 Å². The first-order valence-electron chi connectivity index (χ1n) is 6.68. The van der Waals surface area contributed by atoms with E-state index >= 15 is 0 Å². The van der Waals surface area contributed by atoms with E-state index in [1.54, 1.807) is 0 Å². The number of nitrogens with one attached hydrogen (secondary N) is 1. The van der Waals surface area contributed by atoms with Crippen molar-refractivity contribution in [1.82, 2.24) is 5.32 Å². The van der Waals surface area contributed by atoms with Crippen molar-refractivity contribution in [3.8, 4) is 0 Å². The van der Waals surface area contributed by atoms with Crippen LogP contribution in [0.3, 0.4) is 0 Å². The molecule has 0 spiro atoms. The number of aryl methyl sites for hydroxylation is 1. The van der Waals surface area contributed by atoms with E-state index < -0.39 is 5.79 Å². The van der Waals surface area contributed by atoms with Crippen LogP contribution < -0.4 is 5.32 Å². The molecule has 3 heteroatoms. The van der Waals surface area contributed by atoms with Crippen LogP contribution in [0.15, 0.2) is 24.3 Å². The van der Waals surface area contributed by atoms with Gasteiger partial charge < -0.3 is 14.8 Å². The smallest absolute Gasteiger partial charge is 0.162 e. The molecule has 0 atom stereocenters. The lowest BCUT2D eigenvalue weighted by molar-refractivity contribution is -0.253. The van der Waals surface area contributed by atoms with E-state index in [0.717, 1.165) is 13.0 Å². The summed E-state index contributed by atoms with van der Waals surface area (Å²) < 4.78 is 11.2. The maximum absolute atomic E-state index is 5.62. The van der Waals surface area contributed by atoms with E-state index in [1.165, 1.54) is 11.1 Å². The maximum Gasteiger partial charge on any atom is 0.162 e. The van der Waals surface area contributed by atoms with Gasteiger partial charge in [0, 0.05) is 6.54 Å². The van der Waals surface area contributed by atoms with Crippen molar-refractivity contribution < 1.29 is 9.47 Å². The normalized spacial score (nSPS) is 19.9. The summed E-state index contributed by atoms with van der Waals surface area (Å²) in [6, 6.07) is 9.02. The number of hydrogen-bond donors (Lipinski definition) is 1. The van der Waals surface area contributed by atoms with E-state index in [0.29, 0.717) is 13.2 Å². The Morgan fingerprint density at radius 2 is 1.67 bits per heavy atom. The van der Waals surface area contributed by atoms with E-state index in [4.69, 9.17) is 9.47 Å². The molecule has 0 radical (unpaired) electrons. The Kier molecular flexibility index (Phi) is 4.38.